The Balaban J connectivity index is 1.69. The molecule has 3 N–H and O–H groups in total. The molecule has 0 atom stereocenters. The van der Waals surface area contributed by atoms with Crippen LogP contribution in [0.2, 0.25) is 0 Å². The molecule has 0 bridgehead atoms. The summed E-state index contributed by atoms with van der Waals surface area (Å²) in [5, 5.41) is 11.5. The highest BCUT2D eigenvalue weighted by Gasteiger charge is 2.01. The normalized spacial score (nSPS) is 10.6. The minimum absolute atomic E-state index is 0.169. The fourth-order valence-corrected chi connectivity index (χ4v) is 3.21. The van der Waals surface area contributed by atoms with Crippen LogP contribution in [0, 0.1) is 0 Å². The van der Waals surface area contributed by atoms with Gasteiger partial charge in [0.1, 0.15) is 17.3 Å². The van der Waals surface area contributed by atoms with Gasteiger partial charge in [-0.05, 0) is 58.4 Å². The first-order chi connectivity index (χ1) is 11.6. The van der Waals surface area contributed by atoms with Crippen LogP contribution >= 0.6 is 39.5 Å². The third-order valence-corrected chi connectivity index (χ3v) is 4.80. The van der Waals surface area contributed by atoms with Crippen molar-refractivity contribution in [1.29, 1.82) is 0 Å². The van der Waals surface area contributed by atoms with Gasteiger partial charge in [-0.1, -0.05) is 12.2 Å². The molecule has 2 rings (SSSR count). The highest BCUT2D eigenvalue weighted by atomic mass is 79.9. The SMILES string of the molecule is O=C(/C=C/c1ccc(Br)s1)NCCOc1ccc(C(=S)NO)cc1. The number of carbonyl (C=O) groups excluding carboxylic acids is 1. The molecule has 0 saturated carbocycles. The van der Waals surface area contributed by atoms with Crippen molar-refractivity contribution in [3.8, 4) is 5.75 Å². The number of hydrogen-bond donors (Lipinski definition) is 3. The van der Waals surface area contributed by atoms with Crippen LogP contribution in [0.1, 0.15) is 10.4 Å². The summed E-state index contributed by atoms with van der Waals surface area (Å²) in [5.74, 6) is 0.491. The average Bonchev–Trinajstić information content (AvgIpc) is 3.02. The van der Waals surface area contributed by atoms with Crippen molar-refractivity contribution < 1.29 is 14.7 Å². The topological polar surface area (TPSA) is 70.6 Å². The predicted molar refractivity (Wildman–Crippen MR) is 103 cm³/mol. The fourth-order valence-electron chi connectivity index (χ4n) is 1.74. The summed E-state index contributed by atoms with van der Waals surface area (Å²) in [5.41, 5.74) is 2.62. The number of nitrogens with one attached hydrogen (secondary N) is 2. The Kier molecular flexibility index (Phi) is 7.38. The van der Waals surface area contributed by atoms with Crippen LogP contribution in [0.5, 0.6) is 5.75 Å². The fraction of sp³-hybridized carbons (Fsp3) is 0.125. The molecular formula is C16H15BrN2O3S2. The standard InChI is InChI=1S/C16H15BrN2O3S2/c17-14-7-5-13(24-14)6-8-15(20)18-9-10-22-12-3-1-11(2-4-12)16(23)19-21/h1-8,21H,9-10H2,(H,18,20)(H,19,23)/b8-6+. The number of benzene rings is 1. The molecule has 8 heteroatoms. The van der Waals surface area contributed by atoms with E-state index >= 15 is 0 Å². The lowest BCUT2D eigenvalue weighted by Crippen LogP contribution is -2.26. The van der Waals surface area contributed by atoms with Gasteiger partial charge < -0.3 is 10.1 Å². The Hall–Kier alpha value is -1.74. The quantitative estimate of drug-likeness (QED) is 0.274. The molecule has 1 aromatic carbocycles. The van der Waals surface area contributed by atoms with Gasteiger partial charge in [0.05, 0.1) is 10.3 Å². The molecule has 5 nitrogen and oxygen atoms in total. The molecule has 1 heterocycles. The molecule has 24 heavy (non-hydrogen) atoms. The Labute approximate surface area is 157 Å². The first-order valence-electron chi connectivity index (χ1n) is 6.97. The molecule has 126 valence electrons. The van der Waals surface area contributed by atoms with Gasteiger partial charge in [-0.15, -0.1) is 11.3 Å². The summed E-state index contributed by atoms with van der Waals surface area (Å²) in [4.78, 5) is 12.9. The largest absolute Gasteiger partial charge is 0.492 e. The molecule has 0 saturated heterocycles. The predicted octanol–water partition coefficient (Wildman–Crippen LogP) is 3.37. The number of ether oxygens (including phenoxy) is 1. The zero-order chi connectivity index (χ0) is 17.4. The van der Waals surface area contributed by atoms with Crippen molar-refractivity contribution in [2.24, 2.45) is 0 Å². The molecule has 0 spiro atoms. The van der Waals surface area contributed by atoms with Crippen LogP contribution in [0.25, 0.3) is 6.08 Å². The molecule has 0 aliphatic carbocycles. The Bertz CT molecular complexity index is 729. The van der Waals surface area contributed by atoms with Gasteiger partial charge in [0, 0.05) is 16.5 Å². The molecule has 0 fully saturated rings. The number of thiocarbonyl (C=S) groups is 1. The molecule has 0 unspecified atom stereocenters. The lowest BCUT2D eigenvalue weighted by molar-refractivity contribution is -0.116. The number of hydrogen-bond acceptors (Lipinski definition) is 5. The van der Waals surface area contributed by atoms with Crippen molar-refractivity contribution in [3.63, 3.8) is 0 Å². The van der Waals surface area contributed by atoms with E-state index in [2.05, 4.69) is 21.2 Å². The third-order valence-electron chi connectivity index (χ3n) is 2.88. The van der Waals surface area contributed by atoms with Crippen LogP contribution in [0.4, 0.5) is 0 Å². The van der Waals surface area contributed by atoms with E-state index in [9.17, 15) is 4.79 Å². The number of halogens is 1. The minimum atomic E-state index is -0.169. The van der Waals surface area contributed by atoms with E-state index in [1.165, 1.54) is 6.08 Å². The summed E-state index contributed by atoms with van der Waals surface area (Å²) in [6, 6.07) is 10.8. The van der Waals surface area contributed by atoms with E-state index in [0.29, 0.717) is 24.5 Å². The van der Waals surface area contributed by atoms with Gasteiger partial charge >= 0.3 is 0 Å². The van der Waals surface area contributed by atoms with Crippen LogP contribution in [0.3, 0.4) is 0 Å². The first-order valence-corrected chi connectivity index (χ1v) is 8.99. The number of thiophene rings is 1. The number of carbonyl (C=O) groups is 1. The summed E-state index contributed by atoms with van der Waals surface area (Å²) < 4.78 is 6.55. The van der Waals surface area contributed by atoms with E-state index in [0.717, 1.165) is 8.66 Å². The second-order valence-electron chi connectivity index (χ2n) is 4.58. The number of amides is 1. The summed E-state index contributed by atoms with van der Waals surface area (Å²) in [6.07, 6.45) is 3.26. The van der Waals surface area contributed by atoms with Gasteiger partial charge in [-0.2, -0.15) is 0 Å². The van der Waals surface area contributed by atoms with E-state index in [4.69, 9.17) is 22.2 Å². The van der Waals surface area contributed by atoms with Crippen molar-refractivity contribution in [2.45, 2.75) is 0 Å². The van der Waals surface area contributed by atoms with E-state index in [-0.39, 0.29) is 10.9 Å². The second kappa shape index (κ2) is 9.53. The summed E-state index contributed by atoms with van der Waals surface area (Å²) in [7, 11) is 0. The van der Waals surface area contributed by atoms with Crippen molar-refractivity contribution >= 4 is 56.5 Å². The van der Waals surface area contributed by atoms with E-state index < -0.39 is 0 Å². The summed E-state index contributed by atoms with van der Waals surface area (Å²) in [6.45, 7) is 0.752. The second-order valence-corrected chi connectivity index (χ2v) is 7.48. The van der Waals surface area contributed by atoms with Crippen LogP contribution < -0.4 is 15.5 Å². The monoisotopic (exact) mass is 426 g/mol. The molecular weight excluding hydrogens is 412 g/mol. The third kappa shape index (κ3) is 6.04. The van der Waals surface area contributed by atoms with Crippen LogP contribution in [0.15, 0.2) is 46.3 Å². The van der Waals surface area contributed by atoms with Gasteiger partial charge in [0.15, 0.2) is 0 Å². The van der Waals surface area contributed by atoms with Gasteiger partial charge in [0.25, 0.3) is 0 Å². The van der Waals surface area contributed by atoms with Gasteiger partial charge in [-0.25, -0.2) is 0 Å². The maximum absolute atomic E-state index is 11.7. The molecule has 2 aromatic rings. The van der Waals surface area contributed by atoms with Crippen molar-refractivity contribution in [2.75, 3.05) is 13.2 Å². The molecule has 0 aliphatic rings. The smallest absolute Gasteiger partial charge is 0.244 e. The van der Waals surface area contributed by atoms with Crippen LogP contribution in [-0.2, 0) is 4.79 Å². The maximum Gasteiger partial charge on any atom is 0.244 e. The zero-order valence-electron chi connectivity index (χ0n) is 12.5. The number of hydroxylamine groups is 1. The highest BCUT2D eigenvalue weighted by molar-refractivity contribution is 9.11. The zero-order valence-corrected chi connectivity index (χ0v) is 15.7. The lowest BCUT2D eigenvalue weighted by Gasteiger charge is -2.08. The molecule has 0 aliphatic heterocycles. The Morgan fingerprint density at radius 2 is 2.04 bits per heavy atom. The van der Waals surface area contributed by atoms with Gasteiger partial charge in [0.2, 0.25) is 5.91 Å². The lowest BCUT2D eigenvalue weighted by atomic mass is 10.2. The van der Waals surface area contributed by atoms with E-state index in [1.807, 2.05) is 17.6 Å². The maximum atomic E-state index is 11.7. The molecule has 1 aromatic heterocycles. The molecule has 0 radical (unpaired) electrons. The Morgan fingerprint density at radius 1 is 1.29 bits per heavy atom. The highest BCUT2D eigenvalue weighted by Crippen LogP contribution is 2.22. The first kappa shape index (κ1) is 18.6. The van der Waals surface area contributed by atoms with Crippen molar-refractivity contribution in [3.05, 3.63) is 56.7 Å². The average molecular weight is 427 g/mol. The van der Waals surface area contributed by atoms with Crippen molar-refractivity contribution in [1.82, 2.24) is 10.8 Å². The minimum Gasteiger partial charge on any atom is -0.492 e. The van der Waals surface area contributed by atoms with Gasteiger partial charge in [-0.3, -0.25) is 15.5 Å². The summed E-state index contributed by atoms with van der Waals surface area (Å²) >= 11 is 9.83. The molecule has 1 amide bonds. The van der Waals surface area contributed by atoms with Crippen LogP contribution in [-0.4, -0.2) is 29.3 Å². The van der Waals surface area contributed by atoms with E-state index in [1.54, 1.807) is 41.7 Å². The Morgan fingerprint density at radius 3 is 2.67 bits per heavy atom. The number of rotatable bonds is 7.